The second kappa shape index (κ2) is 9.75. The number of hydrogen-bond acceptors (Lipinski definition) is 6. The topological polar surface area (TPSA) is 78.4 Å². The van der Waals surface area contributed by atoms with Crippen molar-refractivity contribution in [3.05, 3.63) is 59.7 Å². The number of benzene rings is 2. The highest BCUT2D eigenvalue weighted by Gasteiger charge is 2.18. The number of carbonyl (C=O) groups excluding carboxylic acids is 1. The van der Waals surface area contributed by atoms with E-state index in [1.807, 2.05) is 44.2 Å². The molecule has 1 heterocycles. The lowest BCUT2D eigenvalue weighted by Crippen LogP contribution is -2.33. The number of amidine groups is 1. The summed E-state index contributed by atoms with van der Waals surface area (Å²) >= 11 is 0. The molecule has 1 amide bonds. The number of carbonyl (C=O) groups is 1. The molecule has 148 valence electrons. The minimum absolute atomic E-state index is 0.152. The normalized spacial score (nSPS) is 13.9. The summed E-state index contributed by atoms with van der Waals surface area (Å²) < 4.78 is 21.6. The van der Waals surface area contributed by atoms with Gasteiger partial charge in [-0.2, -0.15) is 0 Å². The van der Waals surface area contributed by atoms with Crippen molar-refractivity contribution in [3.8, 4) is 11.5 Å². The van der Waals surface area contributed by atoms with Crippen LogP contribution in [0, 0.1) is 0 Å². The minimum Gasteiger partial charge on any atom is -0.463 e. The molecule has 0 fully saturated rings. The van der Waals surface area contributed by atoms with E-state index in [0.29, 0.717) is 30.3 Å². The first-order valence-electron chi connectivity index (χ1n) is 9.21. The zero-order valence-electron chi connectivity index (χ0n) is 16.0. The van der Waals surface area contributed by atoms with Gasteiger partial charge in [0.1, 0.15) is 6.61 Å². The molecule has 0 spiro atoms. The van der Waals surface area contributed by atoms with Crippen molar-refractivity contribution in [3.63, 3.8) is 0 Å². The molecule has 1 atom stereocenters. The Morgan fingerprint density at radius 1 is 1.14 bits per heavy atom. The molecular formula is C21H24N2O5. The second-order valence-corrected chi connectivity index (χ2v) is 6.09. The van der Waals surface area contributed by atoms with Gasteiger partial charge in [0, 0.05) is 12.2 Å². The summed E-state index contributed by atoms with van der Waals surface area (Å²) in [6.07, 6.45) is 0. The fourth-order valence-electron chi connectivity index (χ4n) is 2.64. The molecule has 0 radical (unpaired) electrons. The Morgan fingerprint density at radius 3 is 2.71 bits per heavy atom. The van der Waals surface area contributed by atoms with Crippen LogP contribution >= 0.6 is 0 Å². The van der Waals surface area contributed by atoms with Crippen LogP contribution < -0.4 is 14.8 Å². The molecule has 1 N–H and O–H groups in total. The first-order chi connectivity index (χ1) is 13.7. The van der Waals surface area contributed by atoms with E-state index < -0.39 is 0 Å². The van der Waals surface area contributed by atoms with E-state index in [0.717, 1.165) is 5.56 Å². The van der Waals surface area contributed by atoms with E-state index in [4.69, 9.17) is 18.9 Å². The molecule has 0 bridgehead atoms. The summed E-state index contributed by atoms with van der Waals surface area (Å²) in [5, 5.41) is 2.74. The van der Waals surface area contributed by atoms with Crippen molar-refractivity contribution >= 4 is 11.9 Å². The summed E-state index contributed by atoms with van der Waals surface area (Å²) in [5.74, 6) is 0.825. The average Bonchev–Trinajstić information content (AvgIpc) is 3.19. The van der Waals surface area contributed by atoms with Crippen molar-refractivity contribution in [2.45, 2.75) is 19.9 Å². The molecule has 2 aromatic rings. The van der Waals surface area contributed by atoms with Crippen molar-refractivity contribution < 1.29 is 23.7 Å². The highest BCUT2D eigenvalue weighted by Crippen LogP contribution is 2.32. The van der Waals surface area contributed by atoms with Crippen LogP contribution in [0.3, 0.4) is 0 Å². The fraction of sp³-hybridized carbons (Fsp3) is 0.333. The maximum atomic E-state index is 12.7. The molecule has 1 aliphatic heterocycles. The third kappa shape index (κ3) is 5.23. The van der Waals surface area contributed by atoms with Crippen LogP contribution in [0.2, 0.25) is 0 Å². The molecule has 0 unspecified atom stereocenters. The molecule has 28 heavy (non-hydrogen) atoms. The van der Waals surface area contributed by atoms with Gasteiger partial charge in [-0.3, -0.25) is 10.1 Å². The first kappa shape index (κ1) is 19.7. The minimum atomic E-state index is -0.339. The Bertz CT molecular complexity index is 823. The lowest BCUT2D eigenvalue weighted by atomic mass is 10.1. The van der Waals surface area contributed by atoms with Gasteiger partial charge < -0.3 is 18.9 Å². The number of amides is 1. The van der Waals surface area contributed by atoms with Gasteiger partial charge in [0.25, 0.3) is 11.9 Å². The van der Waals surface area contributed by atoms with Gasteiger partial charge in [-0.1, -0.05) is 30.3 Å². The molecule has 7 heteroatoms. The molecule has 0 aliphatic carbocycles. The van der Waals surface area contributed by atoms with Gasteiger partial charge in [0.2, 0.25) is 6.79 Å². The number of hydrogen-bond donors (Lipinski definition) is 1. The van der Waals surface area contributed by atoms with Crippen LogP contribution in [0.25, 0.3) is 0 Å². The number of rotatable bonds is 7. The SMILES string of the molecule is CCOCCOC(=N[C@@H](C)c1ccccc1)NC(=O)c1ccc2c(c1)OCO2. The monoisotopic (exact) mass is 384 g/mol. The van der Waals surface area contributed by atoms with Crippen LogP contribution in [0.4, 0.5) is 0 Å². The van der Waals surface area contributed by atoms with Crippen LogP contribution in [0.1, 0.15) is 35.8 Å². The van der Waals surface area contributed by atoms with E-state index in [9.17, 15) is 4.79 Å². The second-order valence-electron chi connectivity index (χ2n) is 6.09. The number of nitrogens with one attached hydrogen (secondary N) is 1. The predicted octanol–water partition coefficient (Wildman–Crippen LogP) is 3.32. The van der Waals surface area contributed by atoms with E-state index in [1.165, 1.54) is 0 Å². The Labute approximate surface area is 164 Å². The van der Waals surface area contributed by atoms with E-state index >= 15 is 0 Å². The van der Waals surface area contributed by atoms with Crippen LogP contribution in [-0.4, -0.2) is 38.5 Å². The maximum Gasteiger partial charge on any atom is 0.292 e. The van der Waals surface area contributed by atoms with Crippen molar-refractivity contribution in [1.82, 2.24) is 5.32 Å². The highest BCUT2D eigenvalue weighted by molar-refractivity contribution is 6.04. The quantitative estimate of drug-likeness (QED) is 0.450. The van der Waals surface area contributed by atoms with Gasteiger partial charge in [-0.05, 0) is 37.6 Å². The molecule has 2 aromatic carbocycles. The summed E-state index contributed by atoms with van der Waals surface area (Å²) in [6, 6.07) is 14.8. The smallest absolute Gasteiger partial charge is 0.292 e. The molecule has 0 aromatic heterocycles. The molecule has 0 saturated heterocycles. The van der Waals surface area contributed by atoms with Crippen LogP contribution in [0.5, 0.6) is 11.5 Å². The summed E-state index contributed by atoms with van der Waals surface area (Å²) in [4.78, 5) is 17.2. The Kier molecular flexibility index (Phi) is 6.86. The third-order valence-corrected chi connectivity index (χ3v) is 4.12. The molecule has 1 aliphatic rings. The van der Waals surface area contributed by atoms with E-state index in [1.54, 1.807) is 18.2 Å². The Morgan fingerprint density at radius 2 is 1.93 bits per heavy atom. The van der Waals surface area contributed by atoms with Crippen LogP contribution in [0.15, 0.2) is 53.5 Å². The van der Waals surface area contributed by atoms with Crippen molar-refractivity contribution in [1.29, 1.82) is 0 Å². The molecule has 0 saturated carbocycles. The number of aliphatic imine (C=N–C) groups is 1. The molecular weight excluding hydrogens is 360 g/mol. The lowest BCUT2D eigenvalue weighted by molar-refractivity contribution is 0.0921. The standard InChI is InChI=1S/C21H24N2O5/c1-3-25-11-12-26-21(22-15(2)16-7-5-4-6-8-16)23-20(24)17-9-10-18-19(13-17)28-14-27-18/h4-10,13,15H,3,11-12,14H2,1-2H3,(H,22,23,24)/t15-/m0/s1. The van der Waals surface area contributed by atoms with E-state index in [-0.39, 0.29) is 31.4 Å². The molecule has 3 rings (SSSR count). The zero-order valence-corrected chi connectivity index (χ0v) is 16.0. The molecule has 7 nitrogen and oxygen atoms in total. The summed E-state index contributed by atoms with van der Waals surface area (Å²) in [7, 11) is 0. The number of fused-ring (bicyclic) bond motifs is 1. The van der Waals surface area contributed by atoms with Gasteiger partial charge in [-0.25, -0.2) is 4.99 Å². The largest absolute Gasteiger partial charge is 0.463 e. The van der Waals surface area contributed by atoms with Crippen molar-refractivity contribution in [2.24, 2.45) is 4.99 Å². The van der Waals surface area contributed by atoms with Crippen LogP contribution in [-0.2, 0) is 9.47 Å². The average molecular weight is 384 g/mol. The predicted molar refractivity (Wildman–Crippen MR) is 105 cm³/mol. The van der Waals surface area contributed by atoms with Gasteiger partial charge in [0.05, 0.1) is 12.6 Å². The number of ether oxygens (including phenoxy) is 4. The first-order valence-corrected chi connectivity index (χ1v) is 9.21. The highest BCUT2D eigenvalue weighted by atomic mass is 16.7. The number of nitrogens with zero attached hydrogens (tertiary/aromatic N) is 1. The van der Waals surface area contributed by atoms with E-state index in [2.05, 4.69) is 10.3 Å². The Hall–Kier alpha value is -3.06. The summed E-state index contributed by atoms with van der Waals surface area (Å²) in [6.45, 7) is 5.30. The summed E-state index contributed by atoms with van der Waals surface area (Å²) in [5.41, 5.74) is 1.45. The lowest BCUT2D eigenvalue weighted by Gasteiger charge is -2.14. The fourth-order valence-corrected chi connectivity index (χ4v) is 2.64. The zero-order chi connectivity index (χ0) is 19.8. The van der Waals surface area contributed by atoms with Crippen molar-refractivity contribution in [2.75, 3.05) is 26.6 Å². The maximum absolute atomic E-state index is 12.7. The van der Waals surface area contributed by atoms with Gasteiger partial charge in [0.15, 0.2) is 11.5 Å². The Balaban J connectivity index is 1.72. The van der Waals surface area contributed by atoms with Gasteiger partial charge in [-0.15, -0.1) is 0 Å². The third-order valence-electron chi connectivity index (χ3n) is 4.12. The van der Waals surface area contributed by atoms with Gasteiger partial charge >= 0.3 is 0 Å².